The zero-order chi connectivity index (χ0) is 11.8. The molecule has 1 rings (SSSR count). The van der Waals surface area contributed by atoms with Crippen LogP contribution >= 0.6 is 22.6 Å². The van der Waals surface area contributed by atoms with Gasteiger partial charge in [-0.2, -0.15) is 17.6 Å². The monoisotopic (exact) mass is 341 g/mol. The standard InChI is InChI=1S/C7H2F6IN/c8-5(9)3-2(7(11,12)13)1-15-6(10)4(3)14/h1,5H. The van der Waals surface area contributed by atoms with Gasteiger partial charge in [0.1, 0.15) is 0 Å². The summed E-state index contributed by atoms with van der Waals surface area (Å²) in [6.07, 6.45) is -8.29. The first-order chi connectivity index (χ1) is 6.75. The molecular formula is C7H2F6IN. The van der Waals surface area contributed by atoms with E-state index >= 15 is 0 Å². The van der Waals surface area contributed by atoms with Gasteiger partial charge in [-0.05, 0) is 22.6 Å². The molecule has 0 saturated heterocycles. The maximum Gasteiger partial charge on any atom is 0.418 e. The quantitative estimate of drug-likeness (QED) is 0.430. The molecule has 0 spiro atoms. The fourth-order valence-electron chi connectivity index (χ4n) is 0.916. The summed E-state index contributed by atoms with van der Waals surface area (Å²) in [7, 11) is 0. The summed E-state index contributed by atoms with van der Waals surface area (Å²) in [5.41, 5.74) is -2.97. The van der Waals surface area contributed by atoms with E-state index in [0.717, 1.165) is 22.6 Å². The maximum atomic E-state index is 12.7. The highest BCUT2D eigenvalue weighted by atomic mass is 127. The summed E-state index contributed by atoms with van der Waals surface area (Å²) in [5, 5.41) is 0. The molecule has 0 N–H and O–H groups in total. The smallest absolute Gasteiger partial charge is 0.227 e. The lowest BCUT2D eigenvalue weighted by atomic mass is 10.1. The predicted molar refractivity (Wildman–Crippen MR) is 46.9 cm³/mol. The SMILES string of the molecule is Fc1ncc(C(F)(F)F)c(C(F)F)c1I. The Morgan fingerprint density at radius 1 is 1.27 bits per heavy atom. The number of halogens is 7. The van der Waals surface area contributed by atoms with Gasteiger partial charge < -0.3 is 0 Å². The molecule has 0 aliphatic carbocycles. The summed E-state index contributed by atoms with van der Waals surface area (Å²) in [4.78, 5) is 2.76. The van der Waals surface area contributed by atoms with Gasteiger partial charge in [0.2, 0.25) is 5.95 Å². The van der Waals surface area contributed by atoms with Crippen molar-refractivity contribution < 1.29 is 26.3 Å². The first-order valence-corrected chi connectivity index (χ1v) is 4.52. The van der Waals surface area contributed by atoms with Crippen LogP contribution in [-0.4, -0.2) is 4.98 Å². The van der Waals surface area contributed by atoms with Crippen molar-refractivity contribution >= 4 is 22.6 Å². The van der Waals surface area contributed by atoms with E-state index < -0.39 is 33.2 Å². The molecule has 0 atom stereocenters. The van der Waals surface area contributed by atoms with Gasteiger partial charge in [0, 0.05) is 11.8 Å². The first kappa shape index (κ1) is 12.5. The third-order valence-electron chi connectivity index (χ3n) is 1.54. The van der Waals surface area contributed by atoms with Crippen molar-refractivity contribution in [1.29, 1.82) is 0 Å². The summed E-state index contributed by atoms with van der Waals surface area (Å²) in [5.74, 6) is -1.33. The van der Waals surface area contributed by atoms with E-state index in [-0.39, 0.29) is 6.20 Å². The van der Waals surface area contributed by atoms with Gasteiger partial charge in [0.05, 0.1) is 9.13 Å². The Bertz CT molecular complexity index is 374. The number of alkyl halides is 5. The highest BCUT2D eigenvalue weighted by Gasteiger charge is 2.38. The maximum absolute atomic E-state index is 12.7. The normalized spacial score (nSPS) is 12.3. The van der Waals surface area contributed by atoms with Crippen molar-refractivity contribution in [2.75, 3.05) is 0 Å². The molecule has 0 aliphatic rings. The van der Waals surface area contributed by atoms with Gasteiger partial charge >= 0.3 is 6.18 Å². The number of hydrogen-bond donors (Lipinski definition) is 0. The van der Waals surface area contributed by atoms with Crippen molar-refractivity contribution in [3.63, 3.8) is 0 Å². The van der Waals surface area contributed by atoms with Crippen LogP contribution in [0.4, 0.5) is 26.3 Å². The lowest BCUT2D eigenvalue weighted by Crippen LogP contribution is -2.13. The average molecular weight is 341 g/mol. The third kappa shape index (κ3) is 2.52. The summed E-state index contributed by atoms with van der Waals surface area (Å²) < 4.78 is 73.1. The molecule has 1 heterocycles. The zero-order valence-corrected chi connectivity index (χ0v) is 8.91. The van der Waals surface area contributed by atoms with Gasteiger partial charge in [-0.15, -0.1) is 0 Å². The number of pyridine rings is 1. The fourth-order valence-corrected chi connectivity index (χ4v) is 1.58. The van der Waals surface area contributed by atoms with E-state index in [1.54, 1.807) is 0 Å². The second-order valence-corrected chi connectivity index (χ2v) is 3.57. The van der Waals surface area contributed by atoms with E-state index in [4.69, 9.17) is 0 Å². The molecule has 1 aromatic heterocycles. The molecule has 1 nitrogen and oxygen atoms in total. The van der Waals surface area contributed by atoms with Crippen LogP contribution in [0.3, 0.4) is 0 Å². The van der Waals surface area contributed by atoms with Crippen LogP contribution in [0.25, 0.3) is 0 Å². The largest absolute Gasteiger partial charge is 0.418 e. The van der Waals surface area contributed by atoms with Crippen molar-refractivity contribution in [1.82, 2.24) is 4.98 Å². The van der Waals surface area contributed by atoms with Crippen LogP contribution < -0.4 is 0 Å². The Labute approximate surface area is 93.6 Å². The molecule has 0 radical (unpaired) electrons. The lowest BCUT2D eigenvalue weighted by Gasteiger charge is -2.13. The Morgan fingerprint density at radius 2 is 1.80 bits per heavy atom. The van der Waals surface area contributed by atoms with E-state index in [2.05, 4.69) is 4.98 Å². The van der Waals surface area contributed by atoms with Gasteiger partial charge in [-0.25, -0.2) is 13.8 Å². The zero-order valence-electron chi connectivity index (χ0n) is 6.75. The average Bonchev–Trinajstić information content (AvgIpc) is 2.06. The van der Waals surface area contributed by atoms with Gasteiger partial charge in [-0.1, -0.05) is 0 Å². The molecule has 0 saturated carbocycles. The van der Waals surface area contributed by atoms with E-state index in [1.165, 1.54) is 0 Å². The Hall–Kier alpha value is -0.540. The molecule has 0 bridgehead atoms. The van der Waals surface area contributed by atoms with E-state index in [0.29, 0.717) is 0 Å². The van der Waals surface area contributed by atoms with Crippen molar-refractivity contribution in [2.45, 2.75) is 12.6 Å². The van der Waals surface area contributed by atoms with E-state index in [9.17, 15) is 26.3 Å². The minimum absolute atomic E-state index is 0.0684. The van der Waals surface area contributed by atoms with Crippen LogP contribution in [0.5, 0.6) is 0 Å². The Balaban J connectivity index is 3.47. The van der Waals surface area contributed by atoms with Crippen LogP contribution in [0.15, 0.2) is 6.20 Å². The van der Waals surface area contributed by atoms with Crippen LogP contribution in [0.2, 0.25) is 0 Å². The van der Waals surface area contributed by atoms with Crippen molar-refractivity contribution in [2.24, 2.45) is 0 Å². The molecule has 0 fully saturated rings. The Morgan fingerprint density at radius 3 is 2.20 bits per heavy atom. The number of hydrogen-bond acceptors (Lipinski definition) is 1. The summed E-state index contributed by atoms with van der Waals surface area (Å²) >= 11 is 1.07. The van der Waals surface area contributed by atoms with Gasteiger partial charge in [0.25, 0.3) is 6.43 Å². The third-order valence-corrected chi connectivity index (χ3v) is 2.56. The molecule has 0 amide bonds. The molecular weight excluding hydrogens is 339 g/mol. The predicted octanol–water partition coefficient (Wildman–Crippen LogP) is 3.78. The highest BCUT2D eigenvalue weighted by molar-refractivity contribution is 14.1. The summed E-state index contributed by atoms with van der Waals surface area (Å²) in [6, 6.07) is 0. The van der Waals surface area contributed by atoms with Gasteiger partial charge in [0.15, 0.2) is 0 Å². The summed E-state index contributed by atoms with van der Waals surface area (Å²) in [6.45, 7) is 0. The minimum atomic E-state index is -4.97. The Kier molecular flexibility index (Phi) is 3.46. The highest BCUT2D eigenvalue weighted by Crippen LogP contribution is 2.38. The molecule has 0 unspecified atom stereocenters. The second kappa shape index (κ2) is 4.14. The van der Waals surface area contributed by atoms with Crippen LogP contribution in [0, 0.1) is 9.52 Å². The fraction of sp³-hybridized carbons (Fsp3) is 0.286. The molecule has 8 heteroatoms. The second-order valence-electron chi connectivity index (χ2n) is 2.49. The molecule has 15 heavy (non-hydrogen) atoms. The minimum Gasteiger partial charge on any atom is -0.227 e. The van der Waals surface area contributed by atoms with E-state index in [1.807, 2.05) is 0 Å². The first-order valence-electron chi connectivity index (χ1n) is 3.44. The van der Waals surface area contributed by atoms with Crippen molar-refractivity contribution in [3.8, 4) is 0 Å². The van der Waals surface area contributed by atoms with Crippen molar-refractivity contribution in [3.05, 3.63) is 26.8 Å². The topological polar surface area (TPSA) is 12.9 Å². The van der Waals surface area contributed by atoms with Crippen LogP contribution in [-0.2, 0) is 6.18 Å². The molecule has 1 aromatic rings. The molecule has 84 valence electrons. The van der Waals surface area contributed by atoms with Gasteiger partial charge in [-0.3, -0.25) is 0 Å². The number of nitrogens with zero attached hydrogens (tertiary/aromatic N) is 1. The lowest BCUT2D eigenvalue weighted by molar-refractivity contribution is -0.139. The van der Waals surface area contributed by atoms with Crippen LogP contribution in [0.1, 0.15) is 17.6 Å². The number of aromatic nitrogens is 1. The molecule has 0 aliphatic heterocycles. The molecule has 0 aromatic carbocycles. The number of rotatable bonds is 1.